The molecule has 0 aliphatic heterocycles. The molecule has 120 valence electrons. The summed E-state index contributed by atoms with van der Waals surface area (Å²) in [5.41, 5.74) is 5.75. The molecule has 0 saturated heterocycles. The molecule has 0 bridgehead atoms. The van der Waals surface area contributed by atoms with E-state index in [1.807, 2.05) is 0 Å². The van der Waals surface area contributed by atoms with Gasteiger partial charge in [-0.05, 0) is 24.6 Å². The van der Waals surface area contributed by atoms with Crippen molar-refractivity contribution in [1.29, 1.82) is 0 Å². The molecule has 7 heteroatoms. The number of benzene rings is 1. The molecular formula is C15H19NO6. The predicted molar refractivity (Wildman–Crippen MR) is 80.3 cm³/mol. The van der Waals surface area contributed by atoms with Crippen molar-refractivity contribution in [2.45, 2.75) is 20.0 Å². The number of aliphatic carboxylic acids is 1. The lowest BCUT2D eigenvalue weighted by molar-refractivity contribution is -0.132. The van der Waals surface area contributed by atoms with Gasteiger partial charge in [0.15, 0.2) is 0 Å². The van der Waals surface area contributed by atoms with Crippen molar-refractivity contribution in [3.05, 3.63) is 46.9 Å². The number of aliphatic hydroxyl groups excluding tert-OH is 3. The van der Waals surface area contributed by atoms with Crippen molar-refractivity contribution in [3.8, 4) is 5.75 Å². The summed E-state index contributed by atoms with van der Waals surface area (Å²) in [6.45, 7) is 2.65. The summed E-state index contributed by atoms with van der Waals surface area (Å²) < 4.78 is 0. The highest BCUT2D eigenvalue weighted by molar-refractivity contribution is 5.86. The van der Waals surface area contributed by atoms with Crippen LogP contribution in [-0.4, -0.2) is 31.5 Å². The number of phenolic OH excluding ortho intramolecular Hbond substituents is 1. The van der Waals surface area contributed by atoms with Gasteiger partial charge in [0.2, 0.25) is 0 Å². The van der Waals surface area contributed by atoms with Gasteiger partial charge in [-0.2, -0.15) is 0 Å². The summed E-state index contributed by atoms with van der Waals surface area (Å²) in [5, 5.41) is 47.9. The Bertz CT molecular complexity index is 615. The molecule has 0 spiro atoms. The number of rotatable bonds is 5. The number of allylic oxidation sites excluding steroid dienone is 1. The zero-order valence-electron chi connectivity index (χ0n) is 12.2. The van der Waals surface area contributed by atoms with E-state index in [0.717, 1.165) is 6.08 Å². The largest absolute Gasteiger partial charge is 0.512 e. The first-order valence-electron chi connectivity index (χ1n) is 6.44. The average molecular weight is 309 g/mol. The van der Waals surface area contributed by atoms with Crippen LogP contribution in [0.1, 0.15) is 25.5 Å². The van der Waals surface area contributed by atoms with Crippen LogP contribution in [0.4, 0.5) is 5.69 Å². The van der Waals surface area contributed by atoms with Gasteiger partial charge in [0, 0.05) is 23.7 Å². The molecular weight excluding hydrogens is 290 g/mol. The number of hydrogen-bond acceptors (Lipinski definition) is 6. The number of aromatic hydroxyl groups is 1. The van der Waals surface area contributed by atoms with Crippen LogP contribution >= 0.6 is 0 Å². The first-order valence-corrected chi connectivity index (χ1v) is 6.44. The van der Waals surface area contributed by atoms with E-state index in [2.05, 4.69) is 0 Å². The Morgan fingerprint density at radius 1 is 1.23 bits per heavy atom. The summed E-state index contributed by atoms with van der Waals surface area (Å²) in [5.74, 6) is -3.33. The number of carbonyl (C=O) groups is 1. The minimum atomic E-state index is -1.32. The normalized spacial score (nSPS) is 15.9. The minimum Gasteiger partial charge on any atom is -0.512 e. The monoisotopic (exact) mass is 309 g/mol. The van der Waals surface area contributed by atoms with Crippen molar-refractivity contribution in [1.82, 2.24) is 0 Å². The number of nitrogen functional groups attached to an aromatic ring is 1. The summed E-state index contributed by atoms with van der Waals surface area (Å²) in [6, 6.07) is 4.04. The lowest BCUT2D eigenvalue weighted by Crippen LogP contribution is -2.12. The molecule has 0 aliphatic rings. The number of hydrogen-bond donors (Lipinski definition) is 6. The van der Waals surface area contributed by atoms with Gasteiger partial charge < -0.3 is 31.3 Å². The molecule has 2 atom stereocenters. The number of aliphatic hydroxyl groups is 3. The highest BCUT2D eigenvalue weighted by Gasteiger charge is 2.22. The Balaban J connectivity index is 3.06. The molecule has 2 unspecified atom stereocenters. The molecule has 0 radical (unpaired) electrons. The second kappa shape index (κ2) is 6.86. The standard InChI is InChI=1S/C15H19NO6/c1-7(12(18)6-13(19)8(2)15(21)22)14(20)9-3-10(16)5-11(17)4-9/h3-7,14,17-20H,16H2,1-2H3,(H,21,22)/b12-6+,13-8+. The highest BCUT2D eigenvalue weighted by atomic mass is 16.4. The van der Waals surface area contributed by atoms with Crippen molar-refractivity contribution < 1.29 is 30.3 Å². The molecule has 0 heterocycles. The van der Waals surface area contributed by atoms with Crippen molar-refractivity contribution in [3.63, 3.8) is 0 Å². The average Bonchev–Trinajstić information content (AvgIpc) is 2.43. The van der Waals surface area contributed by atoms with Crippen LogP contribution in [0.25, 0.3) is 0 Å². The van der Waals surface area contributed by atoms with E-state index in [4.69, 9.17) is 10.8 Å². The summed E-state index contributed by atoms with van der Waals surface area (Å²) in [6.07, 6.45) is -0.340. The van der Waals surface area contributed by atoms with E-state index < -0.39 is 29.5 Å². The van der Waals surface area contributed by atoms with Gasteiger partial charge >= 0.3 is 5.97 Å². The minimum absolute atomic E-state index is 0.130. The van der Waals surface area contributed by atoms with E-state index in [1.54, 1.807) is 0 Å². The molecule has 1 rings (SSSR count). The van der Waals surface area contributed by atoms with Gasteiger partial charge in [-0.15, -0.1) is 0 Å². The molecule has 7 nitrogen and oxygen atoms in total. The van der Waals surface area contributed by atoms with Gasteiger partial charge in [-0.3, -0.25) is 0 Å². The Labute approximate surface area is 127 Å². The lowest BCUT2D eigenvalue weighted by atomic mass is 9.94. The maximum absolute atomic E-state index is 10.7. The van der Waals surface area contributed by atoms with Crippen LogP contribution < -0.4 is 5.73 Å². The maximum atomic E-state index is 10.7. The molecule has 0 amide bonds. The smallest absolute Gasteiger partial charge is 0.335 e. The van der Waals surface area contributed by atoms with Gasteiger partial charge in [0.25, 0.3) is 0 Å². The van der Waals surface area contributed by atoms with Crippen LogP contribution in [0.15, 0.2) is 41.4 Å². The molecule has 22 heavy (non-hydrogen) atoms. The van der Waals surface area contributed by atoms with Crippen molar-refractivity contribution in [2.75, 3.05) is 5.73 Å². The first kappa shape index (κ1) is 17.4. The fourth-order valence-electron chi connectivity index (χ4n) is 1.77. The SMILES string of the molecule is C/C(C(=O)O)=C(O)/C=C(/O)C(C)C(O)c1cc(N)cc(O)c1. The van der Waals surface area contributed by atoms with Gasteiger partial charge in [0.1, 0.15) is 17.3 Å². The fourth-order valence-corrected chi connectivity index (χ4v) is 1.77. The van der Waals surface area contributed by atoms with Crippen molar-refractivity contribution in [2.24, 2.45) is 5.92 Å². The first-order chi connectivity index (χ1) is 10.1. The van der Waals surface area contributed by atoms with Crippen LogP contribution in [0.2, 0.25) is 0 Å². The molecule has 0 fully saturated rings. The molecule has 1 aromatic rings. The summed E-state index contributed by atoms with van der Waals surface area (Å²) >= 11 is 0. The molecule has 0 aliphatic carbocycles. The van der Waals surface area contributed by atoms with E-state index in [9.17, 15) is 25.2 Å². The number of nitrogens with two attached hydrogens (primary N) is 1. The second-order valence-corrected chi connectivity index (χ2v) is 4.98. The van der Waals surface area contributed by atoms with E-state index in [-0.39, 0.29) is 22.6 Å². The second-order valence-electron chi connectivity index (χ2n) is 4.98. The fraction of sp³-hybridized carbons (Fsp3) is 0.267. The van der Waals surface area contributed by atoms with E-state index >= 15 is 0 Å². The molecule has 0 saturated carbocycles. The van der Waals surface area contributed by atoms with Crippen molar-refractivity contribution >= 4 is 11.7 Å². The molecule has 1 aromatic carbocycles. The van der Waals surface area contributed by atoms with Crippen LogP contribution in [0, 0.1) is 5.92 Å². The number of phenols is 1. The van der Waals surface area contributed by atoms with Gasteiger partial charge in [-0.1, -0.05) is 6.92 Å². The third-order valence-corrected chi connectivity index (χ3v) is 3.23. The topological polar surface area (TPSA) is 144 Å². The lowest BCUT2D eigenvalue weighted by Gasteiger charge is -2.19. The third kappa shape index (κ3) is 4.16. The Morgan fingerprint density at radius 3 is 2.32 bits per heavy atom. The van der Waals surface area contributed by atoms with E-state index in [0.29, 0.717) is 0 Å². The van der Waals surface area contributed by atoms with Gasteiger partial charge in [0.05, 0.1) is 11.7 Å². The Morgan fingerprint density at radius 2 is 1.82 bits per heavy atom. The Hall–Kier alpha value is -2.67. The van der Waals surface area contributed by atoms with Crippen LogP contribution in [0.3, 0.4) is 0 Å². The zero-order chi connectivity index (χ0) is 17.0. The number of carboxylic acids is 1. The van der Waals surface area contributed by atoms with E-state index in [1.165, 1.54) is 32.0 Å². The molecule has 0 aromatic heterocycles. The third-order valence-electron chi connectivity index (χ3n) is 3.23. The summed E-state index contributed by atoms with van der Waals surface area (Å²) in [4.78, 5) is 10.7. The van der Waals surface area contributed by atoms with Crippen LogP contribution in [-0.2, 0) is 4.79 Å². The zero-order valence-corrected chi connectivity index (χ0v) is 12.2. The quantitative estimate of drug-likeness (QED) is 0.211. The van der Waals surface area contributed by atoms with Gasteiger partial charge in [-0.25, -0.2) is 4.79 Å². The van der Waals surface area contributed by atoms with Crippen LogP contribution in [0.5, 0.6) is 5.75 Å². The summed E-state index contributed by atoms with van der Waals surface area (Å²) in [7, 11) is 0. The Kier molecular flexibility index (Phi) is 5.42. The predicted octanol–water partition coefficient (Wildman–Crippen LogP) is 2.00. The highest BCUT2D eigenvalue weighted by Crippen LogP contribution is 2.30. The maximum Gasteiger partial charge on any atom is 0.335 e. The molecule has 7 N–H and O–H groups in total. The number of anilines is 1. The number of carboxylic acid groups (broad SMARTS) is 1.